The van der Waals surface area contributed by atoms with E-state index in [1.165, 1.54) is 0 Å². The van der Waals surface area contributed by atoms with E-state index in [9.17, 15) is 9.59 Å². The summed E-state index contributed by atoms with van der Waals surface area (Å²) in [6.07, 6.45) is 3.94. The molecule has 2 saturated carbocycles. The van der Waals surface area contributed by atoms with Crippen LogP contribution in [0.5, 0.6) is 0 Å². The van der Waals surface area contributed by atoms with Gasteiger partial charge in [0.25, 0.3) is 0 Å². The number of ketones is 1. The zero-order valence-electron chi connectivity index (χ0n) is 9.51. The molecule has 3 nitrogen and oxygen atoms in total. The first kappa shape index (κ1) is 10.7. The third-order valence-corrected chi connectivity index (χ3v) is 3.72. The Morgan fingerprint density at radius 1 is 1.33 bits per heavy atom. The van der Waals surface area contributed by atoms with Crippen LogP contribution in [0.15, 0.2) is 0 Å². The molecule has 15 heavy (non-hydrogen) atoms. The van der Waals surface area contributed by atoms with Crippen molar-refractivity contribution in [1.82, 2.24) is 5.32 Å². The summed E-state index contributed by atoms with van der Waals surface area (Å²) < 4.78 is 0. The van der Waals surface area contributed by atoms with E-state index >= 15 is 0 Å². The number of hydrogen-bond acceptors (Lipinski definition) is 2. The molecule has 84 valence electrons. The molecule has 0 heterocycles. The highest BCUT2D eigenvalue weighted by Crippen LogP contribution is 2.51. The van der Waals surface area contributed by atoms with Crippen LogP contribution < -0.4 is 5.32 Å². The van der Waals surface area contributed by atoms with Crippen molar-refractivity contribution in [2.45, 2.75) is 52.0 Å². The smallest absolute Gasteiger partial charge is 0.223 e. The van der Waals surface area contributed by atoms with Crippen LogP contribution in [-0.4, -0.2) is 17.7 Å². The standard InChI is InChI=1S/C12H19NO2/c1-12(2)7-10(12)11(15)13-8-3-5-9(14)6-4-8/h8,10H,3-7H2,1-2H3,(H,13,15). The Hall–Kier alpha value is -0.860. The number of hydrogen-bond donors (Lipinski definition) is 1. The minimum atomic E-state index is 0.194. The highest BCUT2D eigenvalue weighted by atomic mass is 16.2. The zero-order chi connectivity index (χ0) is 11.1. The Kier molecular flexibility index (Phi) is 2.57. The SMILES string of the molecule is CC1(C)CC1C(=O)NC1CCC(=O)CC1. The van der Waals surface area contributed by atoms with Gasteiger partial charge < -0.3 is 5.32 Å². The highest BCUT2D eigenvalue weighted by Gasteiger charge is 2.50. The summed E-state index contributed by atoms with van der Waals surface area (Å²) in [5.74, 6) is 0.738. The number of rotatable bonds is 2. The van der Waals surface area contributed by atoms with Gasteiger partial charge in [-0.15, -0.1) is 0 Å². The Morgan fingerprint density at radius 2 is 1.87 bits per heavy atom. The summed E-state index contributed by atoms with van der Waals surface area (Å²) >= 11 is 0. The summed E-state index contributed by atoms with van der Waals surface area (Å²) in [5.41, 5.74) is 0.203. The number of carbonyl (C=O) groups is 2. The molecule has 1 unspecified atom stereocenters. The van der Waals surface area contributed by atoms with E-state index in [4.69, 9.17) is 0 Å². The second-order valence-corrected chi connectivity index (χ2v) is 5.57. The quantitative estimate of drug-likeness (QED) is 0.751. The lowest BCUT2D eigenvalue weighted by molar-refractivity contribution is -0.126. The minimum absolute atomic E-state index is 0.194. The molecule has 2 rings (SSSR count). The summed E-state index contributed by atoms with van der Waals surface area (Å²) in [4.78, 5) is 22.8. The van der Waals surface area contributed by atoms with Gasteiger partial charge in [0.15, 0.2) is 0 Å². The predicted molar refractivity (Wildman–Crippen MR) is 57.3 cm³/mol. The lowest BCUT2D eigenvalue weighted by atomic mass is 9.94. The van der Waals surface area contributed by atoms with E-state index in [1.807, 2.05) is 0 Å². The summed E-state index contributed by atoms with van der Waals surface area (Å²) in [5, 5.41) is 3.07. The van der Waals surface area contributed by atoms with E-state index in [1.54, 1.807) is 0 Å². The summed E-state index contributed by atoms with van der Waals surface area (Å²) in [6.45, 7) is 4.25. The predicted octanol–water partition coefficient (Wildman–Crippen LogP) is 1.66. The van der Waals surface area contributed by atoms with E-state index in [0.717, 1.165) is 19.3 Å². The molecular weight excluding hydrogens is 190 g/mol. The molecule has 3 heteroatoms. The number of carbonyl (C=O) groups excluding carboxylic acids is 2. The Morgan fingerprint density at radius 3 is 2.33 bits per heavy atom. The van der Waals surface area contributed by atoms with E-state index in [-0.39, 0.29) is 23.3 Å². The maximum atomic E-state index is 11.8. The second kappa shape index (κ2) is 3.62. The molecule has 2 fully saturated rings. The molecule has 0 aromatic heterocycles. The maximum Gasteiger partial charge on any atom is 0.223 e. The molecule has 2 aliphatic carbocycles. The average Bonchev–Trinajstić information content (AvgIpc) is 2.79. The second-order valence-electron chi connectivity index (χ2n) is 5.57. The van der Waals surface area contributed by atoms with E-state index < -0.39 is 0 Å². The first-order chi connectivity index (χ1) is 6.99. The molecule has 0 radical (unpaired) electrons. The third-order valence-electron chi connectivity index (χ3n) is 3.72. The van der Waals surface area contributed by atoms with Crippen molar-refractivity contribution in [3.05, 3.63) is 0 Å². The normalized spacial score (nSPS) is 30.0. The minimum Gasteiger partial charge on any atom is -0.353 e. The van der Waals surface area contributed by atoms with Crippen LogP contribution in [0, 0.1) is 11.3 Å². The van der Waals surface area contributed by atoms with Gasteiger partial charge in [-0.1, -0.05) is 13.8 Å². The van der Waals surface area contributed by atoms with Crippen molar-refractivity contribution in [3.8, 4) is 0 Å². The van der Waals surface area contributed by atoms with Crippen molar-refractivity contribution >= 4 is 11.7 Å². The van der Waals surface area contributed by atoms with Gasteiger partial charge in [0.1, 0.15) is 5.78 Å². The van der Waals surface area contributed by atoms with Gasteiger partial charge in [-0.3, -0.25) is 9.59 Å². The van der Waals surface area contributed by atoms with Crippen LogP contribution in [-0.2, 0) is 9.59 Å². The summed E-state index contributed by atoms with van der Waals surface area (Å²) in [6, 6.07) is 0.242. The van der Waals surface area contributed by atoms with Crippen LogP contribution in [0.1, 0.15) is 46.0 Å². The summed E-state index contributed by atoms with van der Waals surface area (Å²) in [7, 11) is 0. The Labute approximate surface area is 90.6 Å². The Bertz CT molecular complexity index is 286. The molecule has 0 aliphatic heterocycles. The monoisotopic (exact) mass is 209 g/mol. The third kappa shape index (κ3) is 2.39. The van der Waals surface area contributed by atoms with Crippen LogP contribution in [0.2, 0.25) is 0 Å². The molecule has 0 saturated heterocycles. The van der Waals surface area contributed by atoms with Gasteiger partial charge in [0.2, 0.25) is 5.91 Å². The van der Waals surface area contributed by atoms with Gasteiger partial charge in [0.05, 0.1) is 0 Å². The molecular formula is C12H19NO2. The van der Waals surface area contributed by atoms with Crippen LogP contribution >= 0.6 is 0 Å². The fourth-order valence-corrected chi connectivity index (χ4v) is 2.30. The highest BCUT2D eigenvalue weighted by molar-refractivity contribution is 5.83. The largest absolute Gasteiger partial charge is 0.353 e. The van der Waals surface area contributed by atoms with Crippen molar-refractivity contribution < 1.29 is 9.59 Å². The number of amides is 1. The lowest BCUT2D eigenvalue weighted by Gasteiger charge is -2.22. The van der Waals surface area contributed by atoms with Crippen molar-refractivity contribution in [2.75, 3.05) is 0 Å². The molecule has 1 N–H and O–H groups in total. The number of Topliss-reactive ketones (excluding diaryl/α,β-unsaturated/α-hetero) is 1. The fourth-order valence-electron chi connectivity index (χ4n) is 2.30. The van der Waals surface area contributed by atoms with Gasteiger partial charge in [-0.2, -0.15) is 0 Å². The molecule has 0 aromatic carbocycles. The number of nitrogens with one attached hydrogen (secondary N) is 1. The van der Waals surface area contributed by atoms with Crippen molar-refractivity contribution in [3.63, 3.8) is 0 Å². The molecule has 2 aliphatic rings. The van der Waals surface area contributed by atoms with Crippen molar-refractivity contribution in [1.29, 1.82) is 0 Å². The van der Waals surface area contributed by atoms with Crippen molar-refractivity contribution in [2.24, 2.45) is 11.3 Å². The first-order valence-corrected chi connectivity index (χ1v) is 5.81. The molecule has 0 aromatic rings. The van der Waals surface area contributed by atoms with Gasteiger partial charge in [-0.05, 0) is 24.7 Å². The first-order valence-electron chi connectivity index (χ1n) is 5.81. The zero-order valence-corrected chi connectivity index (χ0v) is 9.51. The molecule has 0 bridgehead atoms. The fraction of sp³-hybridized carbons (Fsp3) is 0.833. The molecule has 0 spiro atoms. The van der Waals surface area contributed by atoms with Crippen LogP contribution in [0.3, 0.4) is 0 Å². The maximum absolute atomic E-state index is 11.8. The van der Waals surface area contributed by atoms with Gasteiger partial charge in [-0.25, -0.2) is 0 Å². The van der Waals surface area contributed by atoms with E-state index in [2.05, 4.69) is 19.2 Å². The molecule has 1 amide bonds. The lowest BCUT2D eigenvalue weighted by Crippen LogP contribution is -2.39. The average molecular weight is 209 g/mol. The molecule has 1 atom stereocenters. The van der Waals surface area contributed by atoms with Crippen LogP contribution in [0.25, 0.3) is 0 Å². The Balaban J connectivity index is 1.78. The van der Waals surface area contributed by atoms with Crippen LogP contribution in [0.4, 0.5) is 0 Å². The van der Waals surface area contributed by atoms with Gasteiger partial charge >= 0.3 is 0 Å². The van der Waals surface area contributed by atoms with E-state index in [0.29, 0.717) is 18.6 Å². The topological polar surface area (TPSA) is 46.2 Å². The van der Waals surface area contributed by atoms with Gasteiger partial charge in [0, 0.05) is 24.8 Å².